The Bertz CT molecular complexity index is 529. The van der Waals surface area contributed by atoms with Crippen molar-refractivity contribution in [3.8, 4) is 11.5 Å². The molecule has 1 N–H and O–H groups in total. The zero-order valence-corrected chi connectivity index (χ0v) is 9.38. The zero-order chi connectivity index (χ0) is 12.3. The minimum absolute atomic E-state index is 0.217. The van der Waals surface area contributed by atoms with Crippen LogP contribution in [0.3, 0.4) is 0 Å². The van der Waals surface area contributed by atoms with Crippen molar-refractivity contribution in [3.63, 3.8) is 0 Å². The molecule has 2 aromatic rings. The predicted molar refractivity (Wildman–Crippen MR) is 64.7 cm³/mol. The number of aromatic carboxylic acids is 1. The number of carbonyl (C=O) groups is 1. The quantitative estimate of drug-likeness (QED) is 0.874. The van der Waals surface area contributed by atoms with E-state index >= 15 is 0 Å². The van der Waals surface area contributed by atoms with E-state index in [1.54, 1.807) is 12.1 Å². The number of aryl methyl sites for hydroxylation is 1. The van der Waals surface area contributed by atoms with E-state index in [4.69, 9.17) is 9.84 Å². The molecule has 17 heavy (non-hydrogen) atoms. The molecule has 0 aliphatic carbocycles. The average molecular weight is 228 g/mol. The molecule has 0 spiro atoms. The van der Waals surface area contributed by atoms with E-state index in [0.717, 1.165) is 5.56 Å². The van der Waals surface area contributed by atoms with E-state index in [9.17, 15) is 4.79 Å². The highest BCUT2D eigenvalue weighted by atomic mass is 16.5. The molecule has 0 aliphatic heterocycles. The van der Waals surface area contributed by atoms with Crippen molar-refractivity contribution in [2.24, 2.45) is 0 Å². The maximum atomic E-state index is 10.8. The topological polar surface area (TPSA) is 46.5 Å². The number of benzene rings is 2. The van der Waals surface area contributed by atoms with Gasteiger partial charge in [0.2, 0.25) is 0 Å². The van der Waals surface area contributed by atoms with Crippen LogP contribution in [0.15, 0.2) is 48.5 Å². The van der Waals surface area contributed by atoms with Crippen LogP contribution in [0.2, 0.25) is 0 Å². The summed E-state index contributed by atoms with van der Waals surface area (Å²) in [6, 6.07) is 14.0. The molecule has 0 radical (unpaired) electrons. The van der Waals surface area contributed by atoms with Gasteiger partial charge in [-0.3, -0.25) is 0 Å². The largest absolute Gasteiger partial charge is 0.478 e. The molecular weight excluding hydrogens is 216 g/mol. The first kappa shape index (κ1) is 11.2. The third-order valence-corrected chi connectivity index (χ3v) is 2.34. The maximum Gasteiger partial charge on any atom is 0.335 e. The summed E-state index contributed by atoms with van der Waals surface area (Å²) in [6.07, 6.45) is 0. The lowest BCUT2D eigenvalue weighted by Gasteiger charge is -2.06. The highest BCUT2D eigenvalue weighted by Crippen LogP contribution is 2.22. The number of ether oxygens (including phenoxy) is 1. The normalized spacial score (nSPS) is 9.94. The second-order valence-electron chi connectivity index (χ2n) is 3.75. The van der Waals surface area contributed by atoms with Crippen molar-refractivity contribution in [2.75, 3.05) is 0 Å². The Balaban J connectivity index is 2.21. The average Bonchev–Trinajstić information content (AvgIpc) is 2.32. The van der Waals surface area contributed by atoms with Gasteiger partial charge in [-0.2, -0.15) is 0 Å². The van der Waals surface area contributed by atoms with Crippen LogP contribution in [0.4, 0.5) is 0 Å². The van der Waals surface area contributed by atoms with Crippen LogP contribution >= 0.6 is 0 Å². The number of hydrogen-bond acceptors (Lipinski definition) is 2. The Morgan fingerprint density at radius 2 is 1.76 bits per heavy atom. The van der Waals surface area contributed by atoms with Crippen LogP contribution < -0.4 is 4.74 Å². The Morgan fingerprint density at radius 3 is 2.41 bits per heavy atom. The summed E-state index contributed by atoms with van der Waals surface area (Å²) >= 11 is 0. The van der Waals surface area contributed by atoms with Crippen molar-refractivity contribution in [1.82, 2.24) is 0 Å². The van der Waals surface area contributed by atoms with Gasteiger partial charge in [0.1, 0.15) is 11.5 Å². The highest BCUT2D eigenvalue weighted by Gasteiger charge is 2.04. The van der Waals surface area contributed by atoms with Gasteiger partial charge >= 0.3 is 5.97 Å². The fraction of sp³-hybridized carbons (Fsp3) is 0.0714. The van der Waals surface area contributed by atoms with Crippen LogP contribution in [-0.4, -0.2) is 11.1 Å². The van der Waals surface area contributed by atoms with E-state index in [2.05, 4.69) is 0 Å². The predicted octanol–water partition coefficient (Wildman–Crippen LogP) is 3.49. The molecule has 0 amide bonds. The first-order valence-corrected chi connectivity index (χ1v) is 5.23. The Hall–Kier alpha value is -2.29. The molecular formula is C14H12O3. The molecule has 0 atom stereocenters. The van der Waals surface area contributed by atoms with Gasteiger partial charge in [-0.25, -0.2) is 4.79 Å². The molecule has 86 valence electrons. The molecule has 0 heterocycles. The van der Waals surface area contributed by atoms with Crippen LogP contribution in [-0.2, 0) is 0 Å². The summed E-state index contributed by atoms with van der Waals surface area (Å²) in [7, 11) is 0. The van der Waals surface area contributed by atoms with Crippen molar-refractivity contribution < 1.29 is 14.6 Å². The molecule has 0 unspecified atom stereocenters. The van der Waals surface area contributed by atoms with Gasteiger partial charge in [-0.1, -0.05) is 23.8 Å². The summed E-state index contributed by atoms with van der Waals surface area (Å²) in [5, 5.41) is 8.86. The van der Waals surface area contributed by atoms with Gasteiger partial charge in [-0.05, 0) is 37.3 Å². The van der Waals surface area contributed by atoms with Crippen LogP contribution in [0.1, 0.15) is 15.9 Å². The van der Waals surface area contributed by atoms with E-state index in [0.29, 0.717) is 11.5 Å². The lowest BCUT2D eigenvalue weighted by atomic mass is 10.2. The zero-order valence-electron chi connectivity index (χ0n) is 9.38. The summed E-state index contributed by atoms with van der Waals surface area (Å²) < 4.78 is 5.56. The molecule has 0 saturated heterocycles. The molecule has 3 nitrogen and oxygen atoms in total. The first-order chi connectivity index (χ1) is 8.15. The van der Waals surface area contributed by atoms with Crippen molar-refractivity contribution >= 4 is 5.97 Å². The van der Waals surface area contributed by atoms with Gasteiger partial charge in [0.05, 0.1) is 5.56 Å². The molecule has 0 bridgehead atoms. The van der Waals surface area contributed by atoms with Gasteiger partial charge in [0.25, 0.3) is 0 Å². The van der Waals surface area contributed by atoms with Gasteiger partial charge in [0.15, 0.2) is 0 Å². The molecule has 0 aromatic heterocycles. The fourth-order valence-electron chi connectivity index (χ4n) is 1.44. The lowest BCUT2D eigenvalue weighted by molar-refractivity contribution is 0.0696. The second kappa shape index (κ2) is 4.70. The summed E-state index contributed by atoms with van der Waals surface area (Å²) in [5.41, 5.74) is 1.37. The van der Waals surface area contributed by atoms with E-state index in [1.165, 1.54) is 12.1 Å². The minimum atomic E-state index is -0.959. The molecule has 0 fully saturated rings. The monoisotopic (exact) mass is 228 g/mol. The third kappa shape index (κ3) is 2.84. The second-order valence-corrected chi connectivity index (χ2v) is 3.75. The Labute approximate surface area is 99.3 Å². The van der Waals surface area contributed by atoms with Crippen molar-refractivity contribution in [1.29, 1.82) is 0 Å². The Kier molecular flexibility index (Phi) is 3.10. The van der Waals surface area contributed by atoms with E-state index in [1.807, 2.05) is 31.2 Å². The van der Waals surface area contributed by atoms with Crippen molar-refractivity contribution in [3.05, 3.63) is 59.7 Å². The Morgan fingerprint density at radius 1 is 1.06 bits per heavy atom. The number of hydrogen-bond donors (Lipinski definition) is 1. The highest BCUT2D eigenvalue weighted by molar-refractivity contribution is 5.88. The summed E-state index contributed by atoms with van der Waals surface area (Å²) in [5.74, 6) is 0.256. The molecule has 2 aromatic carbocycles. The fourth-order valence-corrected chi connectivity index (χ4v) is 1.44. The molecule has 2 rings (SSSR count). The lowest BCUT2D eigenvalue weighted by Crippen LogP contribution is -1.96. The standard InChI is InChI=1S/C14H12O3/c1-10-5-7-12(8-6-10)17-13-4-2-3-11(9-13)14(15)16/h2-9H,1H3,(H,15,16). The van der Waals surface area contributed by atoms with Crippen LogP contribution in [0.25, 0.3) is 0 Å². The van der Waals surface area contributed by atoms with Crippen molar-refractivity contribution in [2.45, 2.75) is 6.92 Å². The SMILES string of the molecule is Cc1ccc(Oc2cccc(C(=O)O)c2)cc1. The smallest absolute Gasteiger partial charge is 0.335 e. The van der Waals surface area contributed by atoms with Gasteiger partial charge in [0, 0.05) is 0 Å². The summed E-state index contributed by atoms with van der Waals surface area (Å²) in [6.45, 7) is 1.99. The third-order valence-electron chi connectivity index (χ3n) is 2.34. The van der Waals surface area contributed by atoms with Crippen LogP contribution in [0, 0.1) is 6.92 Å². The van der Waals surface area contributed by atoms with E-state index in [-0.39, 0.29) is 5.56 Å². The first-order valence-electron chi connectivity index (χ1n) is 5.23. The molecule has 3 heteroatoms. The number of rotatable bonds is 3. The number of carboxylic acid groups (broad SMARTS) is 1. The summed E-state index contributed by atoms with van der Waals surface area (Å²) in [4.78, 5) is 10.8. The molecule has 0 aliphatic rings. The number of carboxylic acids is 1. The molecule has 0 saturated carbocycles. The maximum absolute atomic E-state index is 10.8. The van der Waals surface area contributed by atoms with Gasteiger partial charge in [-0.15, -0.1) is 0 Å². The van der Waals surface area contributed by atoms with E-state index < -0.39 is 5.97 Å². The minimum Gasteiger partial charge on any atom is -0.478 e. The van der Waals surface area contributed by atoms with Crippen LogP contribution in [0.5, 0.6) is 11.5 Å². The van der Waals surface area contributed by atoms with Gasteiger partial charge < -0.3 is 9.84 Å².